The Morgan fingerprint density at radius 1 is 1.09 bits per heavy atom. The molecule has 2 aromatic rings. The molecule has 170 valence electrons. The molecule has 7 rings (SSSR count). The number of nitrogens with zero attached hydrogens (tertiary/aromatic N) is 6. The summed E-state index contributed by atoms with van der Waals surface area (Å²) in [5.41, 5.74) is 2.25. The molecule has 1 N–H and O–H groups in total. The third-order valence-electron chi connectivity index (χ3n) is 7.87. The monoisotopic (exact) mass is 443 g/mol. The van der Waals surface area contributed by atoms with E-state index >= 15 is 0 Å². The van der Waals surface area contributed by atoms with Crippen LogP contribution in [0.25, 0.3) is 0 Å². The first kappa shape index (κ1) is 20.4. The second kappa shape index (κ2) is 7.99. The van der Waals surface area contributed by atoms with Gasteiger partial charge in [0.25, 0.3) is 0 Å². The van der Waals surface area contributed by atoms with E-state index < -0.39 is 0 Å². The molecule has 2 bridgehead atoms. The molecule has 33 heavy (non-hydrogen) atoms. The number of hydrogen-bond acceptors (Lipinski definition) is 6. The number of benzene rings is 1. The number of nitrogens with one attached hydrogen (secondary N) is 1. The highest BCUT2D eigenvalue weighted by molar-refractivity contribution is 5.76. The Morgan fingerprint density at radius 2 is 1.82 bits per heavy atom. The quantitative estimate of drug-likeness (QED) is 0.781. The standard InChI is InChI=1S/C25H29N7O/c26-10-19-11-27-23(28-12-19)31-14-22-7-6-21(31)15-32(22)24(33)29-20-8-25(9-20)16-30(17-25)13-18-4-2-1-3-5-18/h1-5,11-12,20-22H,6-9,13-17H2,(H,29,33)/t21-,22-/m0/s1. The van der Waals surface area contributed by atoms with E-state index in [1.807, 2.05) is 4.90 Å². The summed E-state index contributed by atoms with van der Waals surface area (Å²) < 4.78 is 0. The first-order valence-corrected chi connectivity index (χ1v) is 11.9. The summed E-state index contributed by atoms with van der Waals surface area (Å²) in [6.45, 7) is 4.77. The number of fused-ring (bicyclic) bond motifs is 3. The molecule has 1 spiro atoms. The van der Waals surface area contributed by atoms with E-state index in [1.54, 1.807) is 12.4 Å². The molecule has 5 heterocycles. The average molecular weight is 444 g/mol. The van der Waals surface area contributed by atoms with Crippen LogP contribution in [-0.2, 0) is 6.54 Å². The van der Waals surface area contributed by atoms with Crippen LogP contribution in [0, 0.1) is 16.7 Å². The number of aromatic nitrogens is 2. The van der Waals surface area contributed by atoms with E-state index in [9.17, 15) is 4.79 Å². The van der Waals surface area contributed by atoms with Crippen molar-refractivity contribution >= 4 is 12.0 Å². The molecule has 0 radical (unpaired) electrons. The van der Waals surface area contributed by atoms with Gasteiger partial charge in [-0.15, -0.1) is 0 Å². The van der Waals surface area contributed by atoms with Gasteiger partial charge in [-0.05, 0) is 36.7 Å². The summed E-state index contributed by atoms with van der Waals surface area (Å²) in [6.07, 6.45) is 7.40. The maximum Gasteiger partial charge on any atom is 0.317 e. The Kier molecular flexibility index (Phi) is 4.95. The van der Waals surface area contributed by atoms with Crippen LogP contribution in [0.2, 0.25) is 0 Å². The number of likely N-dealkylation sites (tertiary alicyclic amines) is 1. The number of amides is 2. The predicted molar refractivity (Wildman–Crippen MR) is 123 cm³/mol. The van der Waals surface area contributed by atoms with E-state index in [-0.39, 0.29) is 18.1 Å². The first-order valence-electron chi connectivity index (χ1n) is 11.9. The first-order chi connectivity index (χ1) is 16.1. The molecule has 1 aromatic heterocycles. The van der Waals surface area contributed by atoms with Crippen molar-refractivity contribution < 1.29 is 4.79 Å². The van der Waals surface area contributed by atoms with Crippen LogP contribution >= 0.6 is 0 Å². The van der Waals surface area contributed by atoms with Gasteiger partial charge in [-0.1, -0.05) is 30.3 Å². The number of urea groups is 1. The Morgan fingerprint density at radius 3 is 2.48 bits per heavy atom. The highest BCUT2D eigenvalue weighted by Crippen LogP contribution is 2.48. The van der Waals surface area contributed by atoms with Crippen molar-refractivity contribution in [1.82, 2.24) is 25.1 Å². The van der Waals surface area contributed by atoms with Crippen molar-refractivity contribution in [3.63, 3.8) is 0 Å². The van der Waals surface area contributed by atoms with Gasteiger partial charge in [0.1, 0.15) is 6.07 Å². The highest BCUT2D eigenvalue weighted by Gasteiger charge is 2.53. The van der Waals surface area contributed by atoms with E-state index in [0.717, 1.165) is 51.9 Å². The smallest absolute Gasteiger partial charge is 0.317 e. The number of piperazine rings is 1. The van der Waals surface area contributed by atoms with Crippen molar-refractivity contribution in [2.24, 2.45) is 5.41 Å². The maximum atomic E-state index is 13.1. The lowest BCUT2D eigenvalue weighted by Crippen LogP contribution is -2.69. The van der Waals surface area contributed by atoms with Crippen LogP contribution in [0.3, 0.4) is 0 Å². The van der Waals surface area contributed by atoms with Crippen LogP contribution in [-0.4, -0.2) is 70.1 Å². The van der Waals surface area contributed by atoms with Gasteiger partial charge in [0, 0.05) is 44.8 Å². The van der Waals surface area contributed by atoms with Crippen molar-refractivity contribution in [3.05, 3.63) is 53.9 Å². The lowest BCUT2D eigenvalue weighted by molar-refractivity contribution is -0.0813. The second-order valence-corrected chi connectivity index (χ2v) is 10.3. The van der Waals surface area contributed by atoms with Gasteiger partial charge < -0.3 is 15.1 Å². The van der Waals surface area contributed by atoms with Crippen molar-refractivity contribution in [3.8, 4) is 6.07 Å². The second-order valence-electron chi connectivity index (χ2n) is 10.3. The number of piperidine rings is 2. The molecule has 1 saturated carbocycles. The van der Waals surface area contributed by atoms with Crippen LogP contribution in [0.15, 0.2) is 42.7 Å². The molecular formula is C25H29N7O. The number of carbonyl (C=O) groups is 1. The van der Waals surface area contributed by atoms with Crippen molar-refractivity contribution in [2.75, 3.05) is 31.1 Å². The largest absolute Gasteiger partial charge is 0.335 e. The topological polar surface area (TPSA) is 88.4 Å². The average Bonchev–Trinajstić information content (AvgIpc) is 2.82. The van der Waals surface area contributed by atoms with E-state index in [0.29, 0.717) is 29.5 Å². The molecule has 1 aliphatic carbocycles. The SMILES string of the molecule is N#Cc1cnc(N2C[C@@H]3CC[C@H]2CN3C(=O)NC2CC3(C2)CN(Cc2ccccc2)C3)nc1. The molecule has 0 unspecified atom stereocenters. The van der Waals surface area contributed by atoms with Gasteiger partial charge in [0.05, 0.1) is 24.0 Å². The Hall–Kier alpha value is -3.18. The van der Waals surface area contributed by atoms with Gasteiger partial charge in [-0.2, -0.15) is 5.26 Å². The number of anilines is 1. The molecule has 4 aliphatic heterocycles. The fraction of sp³-hybridized carbons (Fsp3) is 0.520. The van der Waals surface area contributed by atoms with Crippen LogP contribution in [0.1, 0.15) is 36.8 Å². The summed E-state index contributed by atoms with van der Waals surface area (Å²) >= 11 is 0. The fourth-order valence-corrected chi connectivity index (χ4v) is 6.31. The van der Waals surface area contributed by atoms with Crippen LogP contribution < -0.4 is 10.2 Å². The minimum absolute atomic E-state index is 0.0883. The molecule has 4 saturated heterocycles. The van der Waals surface area contributed by atoms with E-state index in [2.05, 4.69) is 61.5 Å². The molecule has 2 amide bonds. The minimum Gasteiger partial charge on any atom is -0.335 e. The molecule has 2 atom stereocenters. The summed E-state index contributed by atoms with van der Waals surface area (Å²) in [7, 11) is 0. The van der Waals surface area contributed by atoms with Crippen LogP contribution in [0.4, 0.5) is 10.7 Å². The summed E-state index contributed by atoms with van der Waals surface area (Å²) in [6, 6.07) is 13.5. The third-order valence-corrected chi connectivity index (χ3v) is 7.87. The maximum absolute atomic E-state index is 13.1. The van der Waals surface area contributed by atoms with Gasteiger partial charge in [0.15, 0.2) is 0 Å². The molecule has 5 fully saturated rings. The molecular weight excluding hydrogens is 414 g/mol. The van der Waals surface area contributed by atoms with E-state index in [4.69, 9.17) is 5.26 Å². The molecule has 1 aromatic carbocycles. The number of rotatable bonds is 4. The molecule has 5 aliphatic rings. The number of carbonyl (C=O) groups excluding carboxylic acids is 1. The van der Waals surface area contributed by atoms with E-state index in [1.165, 1.54) is 5.56 Å². The summed E-state index contributed by atoms with van der Waals surface area (Å²) in [5.74, 6) is 0.662. The van der Waals surface area contributed by atoms with Gasteiger partial charge in [0.2, 0.25) is 5.95 Å². The third kappa shape index (κ3) is 3.80. The zero-order chi connectivity index (χ0) is 22.4. The fourth-order valence-electron chi connectivity index (χ4n) is 6.31. The lowest BCUT2D eigenvalue weighted by Gasteiger charge is -2.59. The Labute approximate surface area is 194 Å². The predicted octanol–water partition coefficient (Wildman–Crippen LogP) is 2.38. The Balaban J connectivity index is 0.985. The zero-order valence-corrected chi connectivity index (χ0v) is 18.7. The van der Waals surface area contributed by atoms with Crippen molar-refractivity contribution in [2.45, 2.75) is 50.4 Å². The highest BCUT2D eigenvalue weighted by atomic mass is 16.2. The zero-order valence-electron chi connectivity index (χ0n) is 18.7. The minimum atomic E-state index is 0.0883. The number of nitriles is 1. The summed E-state index contributed by atoms with van der Waals surface area (Å²) in [5, 5.41) is 12.3. The summed E-state index contributed by atoms with van der Waals surface area (Å²) in [4.78, 5) is 28.5. The van der Waals surface area contributed by atoms with Crippen LogP contribution in [0.5, 0.6) is 0 Å². The molecule has 8 heteroatoms. The van der Waals surface area contributed by atoms with Gasteiger partial charge >= 0.3 is 6.03 Å². The van der Waals surface area contributed by atoms with Gasteiger partial charge in [-0.25, -0.2) is 14.8 Å². The normalized spacial score (nSPS) is 25.9. The van der Waals surface area contributed by atoms with Gasteiger partial charge in [-0.3, -0.25) is 4.90 Å². The van der Waals surface area contributed by atoms with Crippen molar-refractivity contribution in [1.29, 1.82) is 5.26 Å². The molecule has 8 nitrogen and oxygen atoms in total. The Bertz CT molecular complexity index is 1050. The lowest BCUT2D eigenvalue weighted by atomic mass is 9.60. The number of hydrogen-bond donors (Lipinski definition) is 1.